The molecule has 2 rings (SSSR count). The topological polar surface area (TPSA) is 76.1 Å². The summed E-state index contributed by atoms with van der Waals surface area (Å²) in [4.78, 5) is 25.2. The maximum Gasteiger partial charge on any atom is 0.305 e. The third-order valence-electron chi connectivity index (χ3n) is 4.24. The first-order valence-corrected chi connectivity index (χ1v) is 8.44. The Kier molecular flexibility index (Phi) is 6.92. The number of methoxy groups -OCH3 is 2. The molecule has 0 heterocycles. The van der Waals surface area contributed by atoms with Crippen molar-refractivity contribution in [1.82, 2.24) is 4.90 Å². The second-order valence-corrected chi connectivity index (χ2v) is 6.12. The minimum atomic E-state index is -1.08. The molecule has 6 nitrogen and oxygen atoms in total. The average Bonchev–Trinajstić information content (AvgIpc) is 2.67. The normalized spacial score (nSPS) is 10.5. The fourth-order valence-electron chi connectivity index (χ4n) is 2.73. The average molecular weight is 393 g/mol. The Labute approximate surface area is 161 Å². The zero-order valence-corrected chi connectivity index (χ0v) is 15.8. The molecule has 0 aliphatic heterocycles. The minimum absolute atomic E-state index is 0.0815. The van der Waals surface area contributed by atoms with Gasteiger partial charge in [-0.15, -0.1) is 0 Å². The summed E-state index contributed by atoms with van der Waals surface area (Å²) in [7, 11) is 2.92. The number of hydrogen-bond donors (Lipinski definition) is 1. The number of ether oxygens (including phenoxy) is 2. The van der Waals surface area contributed by atoms with E-state index >= 15 is 0 Å². The second-order valence-electron chi connectivity index (χ2n) is 6.12. The smallest absolute Gasteiger partial charge is 0.305 e. The maximum atomic E-state index is 13.5. The van der Waals surface area contributed by atoms with Crippen LogP contribution in [-0.2, 0) is 11.3 Å². The Bertz CT molecular complexity index is 860. The van der Waals surface area contributed by atoms with Gasteiger partial charge in [-0.25, -0.2) is 8.78 Å². The molecule has 0 aromatic heterocycles. The summed E-state index contributed by atoms with van der Waals surface area (Å²) < 4.78 is 37.2. The zero-order valence-electron chi connectivity index (χ0n) is 15.8. The molecule has 2 aromatic rings. The van der Waals surface area contributed by atoms with Gasteiger partial charge in [0.15, 0.2) is 11.6 Å². The van der Waals surface area contributed by atoms with E-state index < -0.39 is 23.5 Å². The lowest BCUT2D eigenvalue weighted by molar-refractivity contribution is -0.137. The second kappa shape index (κ2) is 9.16. The number of benzene rings is 2. The van der Waals surface area contributed by atoms with Gasteiger partial charge < -0.3 is 19.5 Å². The SMILES string of the molecule is COc1cc(C(=O)N(CCC(=O)O)Cc2ccc(F)c(F)c2)cc(OC)c1C. The molecule has 0 radical (unpaired) electrons. The third-order valence-corrected chi connectivity index (χ3v) is 4.24. The molecular weight excluding hydrogens is 372 g/mol. The summed E-state index contributed by atoms with van der Waals surface area (Å²) >= 11 is 0. The van der Waals surface area contributed by atoms with Crippen LogP contribution in [0, 0.1) is 18.6 Å². The summed E-state index contributed by atoms with van der Waals surface area (Å²) in [5, 5.41) is 8.97. The first-order chi connectivity index (χ1) is 13.3. The summed E-state index contributed by atoms with van der Waals surface area (Å²) in [5.74, 6) is -2.73. The molecule has 0 aliphatic carbocycles. The lowest BCUT2D eigenvalue weighted by Crippen LogP contribution is -2.32. The molecule has 28 heavy (non-hydrogen) atoms. The van der Waals surface area contributed by atoms with Crippen molar-refractivity contribution < 1.29 is 33.0 Å². The van der Waals surface area contributed by atoms with E-state index in [1.165, 1.54) is 37.3 Å². The summed E-state index contributed by atoms with van der Waals surface area (Å²) in [6.07, 6.45) is -0.296. The Morgan fingerprint density at radius 3 is 2.14 bits per heavy atom. The van der Waals surface area contributed by atoms with Crippen molar-refractivity contribution in [2.24, 2.45) is 0 Å². The summed E-state index contributed by atoms with van der Waals surface area (Å²) in [6.45, 7) is 1.59. The highest BCUT2D eigenvalue weighted by Crippen LogP contribution is 2.30. The molecule has 1 amide bonds. The summed E-state index contributed by atoms with van der Waals surface area (Å²) in [6, 6.07) is 6.34. The monoisotopic (exact) mass is 393 g/mol. The number of carbonyl (C=O) groups excluding carboxylic acids is 1. The van der Waals surface area contributed by atoms with E-state index in [4.69, 9.17) is 14.6 Å². The van der Waals surface area contributed by atoms with Crippen molar-refractivity contribution in [1.29, 1.82) is 0 Å². The van der Waals surface area contributed by atoms with Crippen molar-refractivity contribution in [3.05, 3.63) is 58.7 Å². The van der Waals surface area contributed by atoms with E-state index in [9.17, 15) is 18.4 Å². The highest BCUT2D eigenvalue weighted by molar-refractivity contribution is 5.95. The number of carboxylic acid groups (broad SMARTS) is 1. The molecule has 0 fully saturated rings. The number of nitrogens with zero attached hydrogens (tertiary/aromatic N) is 1. The van der Waals surface area contributed by atoms with Crippen LogP contribution in [-0.4, -0.2) is 42.6 Å². The predicted octanol–water partition coefficient (Wildman–Crippen LogP) is 3.41. The van der Waals surface area contributed by atoms with Crippen molar-refractivity contribution in [3.63, 3.8) is 0 Å². The van der Waals surface area contributed by atoms with Gasteiger partial charge >= 0.3 is 5.97 Å². The van der Waals surface area contributed by atoms with E-state index in [1.807, 2.05) is 0 Å². The number of carboxylic acids is 1. The van der Waals surface area contributed by atoms with Crippen LogP contribution in [0.1, 0.15) is 27.9 Å². The van der Waals surface area contributed by atoms with Crippen LogP contribution in [0.15, 0.2) is 30.3 Å². The largest absolute Gasteiger partial charge is 0.496 e. The lowest BCUT2D eigenvalue weighted by Gasteiger charge is -2.23. The molecular formula is C20H21F2NO5. The zero-order chi connectivity index (χ0) is 20.8. The van der Waals surface area contributed by atoms with Gasteiger partial charge in [0.1, 0.15) is 11.5 Å². The highest BCUT2D eigenvalue weighted by atomic mass is 19.2. The molecule has 0 atom stereocenters. The predicted molar refractivity (Wildman–Crippen MR) is 97.6 cm³/mol. The Hall–Kier alpha value is -3.16. The third kappa shape index (κ3) is 4.97. The Balaban J connectivity index is 2.37. The van der Waals surface area contributed by atoms with Crippen LogP contribution >= 0.6 is 0 Å². The van der Waals surface area contributed by atoms with Gasteiger partial charge in [-0.3, -0.25) is 9.59 Å². The van der Waals surface area contributed by atoms with Crippen LogP contribution in [0.3, 0.4) is 0 Å². The van der Waals surface area contributed by atoms with Gasteiger partial charge in [-0.05, 0) is 36.8 Å². The minimum Gasteiger partial charge on any atom is -0.496 e. The van der Waals surface area contributed by atoms with Crippen LogP contribution in [0.2, 0.25) is 0 Å². The van der Waals surface area contributed by atoms with Crippen molar-refractivity contribution >= 4 is 11.9 Å². The highest BCUT2D eigenvalue weighted by Gasteiger charge is 2.21. The fourth-order valence-corrected chi connectivity index (χ4v) is 2.73. The quantitative estimate of drug-likeness (QED) is 0.744. The molecule has 150 valence electrons. The first-order valence-electron chi connectivity index (χ1n) is 8.44. The van der Waals surface area contributed by atoms with Gasteiger partial charge in [0, 0.05) is 24.2 Å². The van der Waals surface area contributed by atoms with Crippen molar-refractivity contribution in [2.75, 3.05) is 20.8 Å². The summed E-state index contributed by atoms with van der Waals surface area (Å²) in [5.41, 5.74) is 1.27. The molecule has 0 unspecified atom stereocenters. The molecule has 8 heteroatoms. The fraction of sp³-hybridized carbons (Fsp3) is 0.300. The van der Waals surface area contributed by atoms with Gasteiger partial charge in [0.05, 0.1) is 20.6 Å². The maximum absolute atomic E-state index is 13.5. The van der Waals surface area contributed by atoms with E-state index in [-0.39, 0.29) is 25.1 Å². The van der Waals surface area contributed by atoms with E-state index in [0.29, 0.717) is 22.6 Å². The van der Waals surface area contributed by atoms with E-state index in [0.717, 1.165) is 12.1 Å². The number of rotatable bonds is 8. The lowest BCUT2D eigenvalue weighted by atomic mass is 10.1. The number of hydrogen-bond acceptors (Lipinski definition) is 4. The molecule has 2 aromatic carbocycles. The number of aliphatic carboxylic acids is 1. The van der Waals surface area contributed by atoms with Crippen LogP contribution in [0.5, 0.6) is 11.5 Å². The number of halogens is 2. The van der Waals surface area contributed by atoms with E-state index in [1.54, 1.807) is 6.92 Å². The van der Waals surface area contributed by atoms with Gasteiger partial charge in [0.2, 0.25) is 0 Å². The van der Waals surface area contributed by atoms with Gasteiger partial charge in [-0.1, -0.05) is 6.07 Å². The molecule has 0 bridgehead atoms. The van der Waals surface area contributed by atoms with Crippen molar-refractivity contribution in [2.45, 2.75) is 19.9 Å². The van der Waals surface area contributed by atoms with E-state index in [2.05, 4.69) is 0 Å². The van der Waals surface area contributed by atoms with Gasteiger partial charge in [-0.2, -0.15) is 0 Å². The van der Waals surface area contributed by atoms with Crippen LogP contribution in [0.25, 0.3) is 0 Å². The Morgan fingerprint density at radius 2 is 1.64 bits per heavy atom. The molecule has 0 spiro atoms. The number of amides is 1. The first kappa shape index (κ1) is 21.1. The molecule has 0 saturated carbocycles. The Morgan fingerprint density at radius 1 is 1.04 bits per heavy atom. The van der Waals surface area contributed by atoms with Crippen LogP contribution in [0.4, 0.5) is 8.78 Å². The van der Waals surface area contributed by atoms with Crippen molar-refractivity contribution in [3.8, 4) is 11.5 Å². The molecule has 0 aliphatic rings. The molecule has 1 N–H and O–H groups in total. The number of carbonyl (C=O) groups is 2. The standard InChI is InChI=1S/C20H21F2NO5/c1-12-17(27-2)9-14(10-18(12)28-3)20(26)23(7-6-19(24)25)11-13-4-5-15(21)16(22)8-13/h4-5,8-10H,6-7,11H2,1-3H3,(H,24,25). The van der Waals surface area contributed by atoms with Gasteiger partial charge in [0.25, 0.3) is 5.91 Å². The molecule has 0 saturated heterocycles. The van der Waals surface area contributed by atoms with Crippen LogP contribution < -0.4 is 9.47 Å².